The number of carbonyl (C=O) groups excluding carboxylic acids is 1. The molecule has 3 rings (SSSR count). The number of aromatic nitrogens is 2. The maximum Gasteiger partial charge on any atom is 0.308 e. The minimum Gasteiger partial charge on any atom is -0.469 e. The van der Waals surface area contributed by atoms with Crippen LogP contribution < -0.4 is 0 Å². The van der Waals surface area contributed by atoms with E-state index in [1.165, 1.54) is 7.11 Å². The Hall–Kier alpha value is -2.10. The molecule has 0 saturated heterocycles. The molecule has 0 spiro atoms. The van der Waals surface area contributed by atoms with Crippen molar-refractivity contribution in [2.75, 3.05) is 7.11 Å². The monoisotopic (exact) mass is 298 g/mol. The Bertz CT molecular complexity index is 640. The van der Waals surface area contributed by atoms with Gasteiger partial charge in [0.05, 0.1) is 18.7 Å². The summed E-state index contributed by atoms with van der Waals surface area (Å²) in [6.07, 6.45) is 5.88. The molecular weight excluding hydrogens is 276 g/mol. The molecule has 1 aromatic heterocycles. The van der Waals surface area contributed by atoms with E-state index in [1.54, 1.807) is 0 Å². The van der Waals surface area contributed by atoms with Gasteiger partial charge in [-0.25, -0.2) is 4.98 Å². The highest BCUT2D eigenvalue weighted by Crippen LogP contribution is 2.36. The van der Waals surface area contributed by atoms with Gasteiger partial charge in [-0.1, -0.05) is 30.3 Å². The van der Waals surface area contributed by atoms with Gasteiger partial charge in [-0.05, 0) is 25.7 Å². The lowest BCUT2D eigenvalue weighted by Gasteiger charge is -2.26. The van der Waals surface area contributed by atoms with Crippen molar-refractivity contribution in [1.82, 2.24) is 9.55 Å². The lowest BCUT2D eigenvalue weighted by Crippen LogP contribution is -2.23. The normalized spacial score (nSPS) is 21.5. The summed E-state index contributed by atoms with van der Waals surface area (Å²) in [7, 11) is 3.53. The molecule has 1 aromatic carbocycles. The first-order chi connectivity index (χ1) is 10.7. The smallest absolute Gasteiger partial charge is 0.308 e. The number of benzene rings is 1. The molecule has 0 bridgehead atoms. The third kappa shape index (κ3) is 2.91. The van der Waals surface area contributed by atoms with Gasteiger partial charge in [-0.3, -0.25) is 4.79 Å². The summed E-state index contributed by atoms with van der Waals surface area (Å²) in [4.78, 5) is 16.5. The first-order valence-electron chi connectivity index (χ1n) is 7.85. The zero-order chi connectivity index (χ0) is 15.5. The highest BCUT2D eigenvalue weighted by atomic mass is 16.5. The maximum absolute atomic E-state index is 11.6. The van der Waals surface area contributed by atoms with Crippen LogP contribution in [0.5, 0.6) is 0 Å². The Balaban J connectivity index is 1.74. The van der Waals surface area contributed by atoms with Crippen molar-refractivity contribution in [3.05, 3.63) is 42.4 Å². The molecule has 0 amide bonds. The van der Waals surface area contributed by atoms with Crippen molar-refractivity contribution in [3.8, 4) is 11.3 Å². The van der Waals surface area contributed by atoms with Crippen LogP contribution in [0.2, 0.25) is 0 Å². The van der Waals surface area contributed by atoms with Gasteiger partial charge < -0.3 is 9.30 Å². The van der Waals surface area contributed by atoms with Crippen LogP contribution in [0.1, 0.15) is 37.4 Å². The molecule has 0 radical (unpaired) electrons. The van der Waals surface area contributed by atoms with E-state index in [4.69, 9.17) is 9.72 Å². The van der Waals surface area contributed by atoms with Crippen molar-refractivity contribution in [2.45, 2.75) is 31.6 Å². The van der Waals surface area contributed by atoms with Gasteiger partial charge in [0, 0.05) is 24.7 Å². The molecule has 1 aliphatic rings. The van der Waals surface area contributed by atoms with Gasteiger partial charge in [0.25, 0.3) is 0 Å². The van der Waals surface area contributed by atoms with Crippen molar-refractivity contribution >= 4 is 5.97 Å². The highest BCUT2D eigenvalue weighted by Gasteiger charge is 2.29. The van der Waals surface area contributed by atoms with Gasteiger partial charge in [-0.15, -0.1) is 0 Å². The highest BCUT2D eigenvalue weighted by molar-refractivity contribution is 5.72. The third-order valence-corrected chi connectivity index (χ3v) is 4.61. The molecule has 116 valence electrons. The Morgan fingerprint density at radius 3 is 2.50 bits per heavy atom. The van der Waals surface area contributed by atoms with E-state index in [0.717, 1.165) is 42.8 Å². The van der Waals surface area contributed by atoms with E-state index in [2.05, 4.69) is 29.9 Å². The maximum atomic E-state index is 11.6. The molecular formula is C18H22N2O2. The SMILES string of the molecule is COC(=O)C1CCC(c2nc(-c3ccccc3)cn2C)CC1. The summed E-state index contributed by atoms with van der Waals surface area (Å²) in [5.74, 6) is 1.56. The average molecular weight is 298 g/mol. The standard InChI is InChI=1S/C18H22N2O2/c1-20-12-16(13-6-4-3-5-7-13)19-17(20)14-8-10-15(11-9-14)18(21)22-2/h3-7,12,14-15H,8-11H2,1-2H3. The zero-order valence-corrected chi connectivity index (χ0v) is 13.2. The number of methoxy groups -OCH3 is 1. The second kappa shape index (κ2) is 6.34. The number of aryl methyl sites for hydroxylation is 1. The van der Waals surface area contributed by atoms with Crippen molar-refractivity contribution in [2.24, 2.45) is 13.0 Å². The first-order valence-corrected chi connectivity index (χ1v) is 7.85. The number of rotatable bonds is 3. The molecule has 0 atom stereocenters. The van der Waals surface area contributed by atoms with Crippen LogP contribution in [0, 0.1) is 5.92 Å². The lowest BCUT2D eigenvalue weighted by molar-refractivity contribution is -0.146. The average Bonchev–Trinajstić information content (AvgIpc) is 2.97. The predicted molar refractivity (Wildman–Crippen MR) is 85.4 cm³/mol. The summed E-state index contributed by atoms with van der Waals surface area (Å²) < 4.78 is 6.99. The van der Waals surface area contributed by atoms with Gasteiger partial charge in [0.2, 0.25) is 0 Å². The van der Waals surface area contributed by atoms with E-state index >= 15 is 0 Å². The number of ether oxygens (including phenoxy) is 1. The van der Waals surface area contributed by atoms with Gasteiger partial charge >= 0.3 is 5.97 Å². The number of imidazole rings is 1. The van der Waals surface area contributed by atoms with Crippen LogP contribution in [-0.2, 0) is 16.6 Å². The van der Waals surface area contributed by atoms with Gasteiger partial charge in [0.15, 0.2) is 0 Å². The Morgan fingerprint density at radius 1 is 1.18 bits per heavy atom. The molecule has 4 heteroatoms. The predicted octanol–water partition coefficient (Wildman–Crippen LogP) is 3.53. The molecule has 2 aromatic rings. The van der Waals surface area contributed by atoms with Crippen LogP contribution in [-0.4, -0.2) is 22.6 Å². The molecule has 0 aliphatic heterocycles. The second-order valence-corrected chi connectivity index (χ2v) is 6.03. The summed E-state index contributed by atoms with van der Waals surface area (Å²) in [6.45, 7) is 0. The van der Waals surface area contributed by atoms with E-state index in [0.29, 0.717) is 5.92 Å². The van der Waals surface area contributed by atoms with Crippen LogP contribution >= 0.6 is 0 Å². The van der Waals surface area contributed by atoms with Crippen LogP contribution in [0.15, 0.2) is 36.5 Å². The Morgan fingerprint density at radius 2 is 1.86 bits per heavy atom. The molecule has 1 saturated carbocycles. The quantitative estimate of drug-likeness (QED) is 0.814. The van der Waals surface area contributed by atoms with Crippen LogP contribution in [0.25, 0.3) is 11.3 Å². The topological polar surface area (TPSA) is 44.1 Å². The molecule has 4 nitrogen and oxygen atoms in total. The Labute approximate surface area is 131 Å². The molecule has 1 aliphatic carbocycles. The summed E-state index contributed by atoms with van der Waals surface area (Å²) >= 11 is 0. The number of hydrogen-bond donors (Lipinski definition) is 0. The van der Waals surface area contributed by atoms with E-state index in [9.17, 15) is 4.79 Å². The van der Waals surface area contributed by atoms with Crippen LogP contribution in [0.3, 0.4) is 0 Å². The zero-order valence-electron chi connectivity index (χ0n) is 13.2. The van der Waals surface area contributed by atoms with E-state index < -0.39 is 0 Å². The second-order valence-electron chi connectivity index (χ2n) is 6.03. The fourth-order valence-corrected chi connectivity index (χ4v) is 3.36. The molecule has 0 N–H and O–H groups in total. The van der Waals surface area contributed by atoms with Crippen molar-refractivity contribution in [1.29, 1.82) is 0 Å². The number of hydrogen-bond acceptors (Lipinski definition) is 3. The minimum absolute atomic E-state index is 0.0649. The van der Waals surface area contributed by atoms with Crippen LogP contribution in [0.4, 0.5) is 0 Å². The number of nitrogens with zero attached hydrogens (tertiary/aromatic N) is 2. The molecule has 22 heavy (non-hydrogen) atoms. The van der Waals surface area contributed by atoms with Gasteiger partial charge in [0.1, 0.15) is 5.82 Å². The first kappa shape index (κ1) is 14.8. The third-order valence-electron chi connectivity index (χ3n) is 4.61. The van der Waals surface area contributed by atoms with E-state index in [1.807, 2.05) is 18.2 Å². The Kier molecular flexibility index (Phi) is 4.27. The van der Waals surface area contributed by atoms with E-state index in [-0.39, 0.29) is 11.9 Å². The summed E-state index contributed by atoms with van der Waals surface area (Å²) in [5.41, 5.74) is 2.17. The molecule has 1 fully saturated rings. The lowest BCUT2D eigenvalue weighted by atomic mass is 9.81. The fourth-order valence-electron chi connectivity index (χ4n) is 3.36. The largest absolute Gasteiger partial charge is 0.469 e. The molecule has 0 unspecified atom stereocenters. The summed E-state index contributed by atoms with van der Waals surface area (Å²) in [6, 6.07) is 10.2. The summed E-state index contributed by atoms with van der Waals surface area (Å²) in [5, 5.41) is 0. The van der Waals surface area contributed by atoms with Crippen molar-refractivity contribution < 1.29 is 9.53 Å². The number of carbonyl (C=O) groups is 1. The van der Waals surface area contributed by atoms with Crippen molar-refractivity contribution in [3.63, 3.8) is 0 Å². The molecule has 1 heterocycles. The van der Waals surface area contributed by atoms with Gasteiger partial charge in [-0.2, -0.15) is 0 Å². The minimum atomic E-state index is -0.0664. The number of esters is 1. The fraction of sp³-hybridized carbons (Fsp3) is 0.444.